The third kappa shape index (κ3) is 8.72. The Balaban J connectivity index is 1.16. The Morgan fingerprint density at radius 2 is 0.791 bits per heavy atom. The summed E-state index contributed by atoms with van der Waals surface area (Å²) < 4.78 is 0. The fraction of sp³-hybridized carbons (Fsp3) is 0.341. The van der Waals surface area contributed by atoms with Gasteiger partial charge in [0.15, 0.2) is 0 Å². The summed E-state index contributed by atoms with van der Waals surface area (Å²) in [5.41, 5.74) is 29.5. The lowest BCUT2D eigenvalue weighted by Gasteiger charge is -2.51. The van der Waals surface area contributed by atoms with Gasteiger partial charge < -0.3 is 14.7 Å². The van der Waals surface area contributed by atoms with Crippen LogP contribution in [0.15, 0.2) is 188 Å². The van der Waals surface area contributed by atoms with Crippen molar-refractivity contribution in [2.75, 3.05) is 14.7 Å². The normalized spacial score (nSPS) is 19.9. The molecule has 0 radical (unpaired) electrons. The van der Waals surface area contributed by atoms with Gasteiger partial charge in [-0.3, -0.25) is 0 Å². The second-order valence-corrected chi connectivity index (χ2v) is 31.2. The van der Waals surface area contributed by atoms with E-state index >= 15 is 0 Å². The van der Waals surface area contributed by atoms with Crippen LogP contribution in [0.1, 0.15) is 176 Å². The SMILES string of the molecule is CC(C)(C)c1ccc2c(c1)B1c3cc4c(cc3N(c3ccc(C(C)(C)C)cc3-c3ccccc3)c3cc(N5c6ccc(-c7ccccc7)cc6C6(C)CCCCC56C)cc(c31)N2c1ccc(C(C)(C)C)cc1-c1ccccc1)C(C)(C)CCC4(C)C. The maximum atomic E-state index is 2.85. The van der Waals surface area contributed by atoms with Gasteiger partial charge in [-0.1, -0.05) is 237 Å². The molecule has 5 aliphatic rings. The molecule has 0 amide bonds. The summed E-state index contributed by atoms with van der Waals surface area (Å²) in [6.07, 6.45) is 6.92. The molecule has 3 nitrogen and oxygen atoms in total. The highest BCUT2D eigenvalue weighted by atomic mass is 15.3. The molecule has 1 fully saturated rings. The van der Waals surface area contributed by atoms with Gasteiger partial charge >= 0.3 is 0 Å². The van der Waals surface area contributed by atoms with Crippen LogP contribution in [-0.4, -0.2) is 12.3 Å². The van der Waals surface area contributed by atoms with Crippen LogP contribution in [0.3, 0.4) is 0 Å². The number of rotatable bonds is 6. The van der Waals surface area contributed by atoms with E-state index in [0.717, 1.165) is 25.7 Å². The van der Waals surface area contributed by atoms with E-state index in [1.165, 1.54) is 141 Å². The van der Waals surface area contributed by atoms with Gasteiger partial charge in [0.1, 0.15) is 0 Å². The van der Waals surface area contributed by atoms with Crippen molar-refractivity contribution < 1.29 is 0 Å². The van der Waals surface area contributed by atoms with Gasteiger partial charge in [-0.25, -0.2) is 0 Å². The zero-order valence-electron chi connectivity index (χ0n) is 54.1. The smallest absolute Gasteiger partial charge is 0.252 e. The van der Waals surface area contributed by atoms with Gasteiger partial charge in [0.2, 0.25) is 0 Å². The van der Waals surface area contributed by atoms with E-state index in [1.807, 2.05) is 0 Å². The monoisotopic (exact) mass is 1130 g/mol. The average Bonchev–Trinajstić information content (AvgIpc) is 1.13. The first-order valence-electron chi connectivity index (χ1n) is 32.3. The summed E-state index contributed by atoms with van der Waals surface area (Å²) >= 11 is 0. The second kappa shape index (κ2) is 19.5. The second-order valence-electron chi connectivity index (χ2n) is 31.2. The molecule has 3 heterocycles. The maximum absolute atomic E-state index is 2.85. The zero-order chi connectivity index (χ0) is 60.3. The van der Waals surface area contributed by atoms with Crippen molar-refractivity contribution in [3.05, 3.63) is 221 Å². The number of hydrogen-bond acceptors (Lipinski definition) is 3. The van der Waals surface area contributed by atoms with Crippen LogP contribution in [0.2, 0.25) is 0 Å². The molecule has 434 valence electrons. The lowest BCUT2D eigenvalue weighted by Crippen LogP contribution is -2.62. The number of fused-ring (bicyclic) bond motifs is 8. The van der Waals surface area contributed by atoms with Crippen molar-refractivity contribution >= 4 is 68.6 Å². The molecule has 2 atom stereocenters. The zero-order valence-corrected chi connectivity index (χ0v) is 54.1. The third-order valence-corrected chi connectivity index (χ3v) is 21.7. The molecule has 1 saturated carbocycles. The highest BCUT2D eigenvalue weighted by Crippen LogP contribution is 2.63. The topological polar surface area (TPSA) is 9.72 Å². The average molecular weight is 1130 g/mol. The third-order valence-electron chi connectivity index (χ3n) is 21.7. The van der Waals surface area contributed by atoms with Crippen LogP contribution in [0.25, 0.3) is 33.4 Å². The molecular weight excluding hydrogens is 1040 g/mol. The van der Waals surface area contributed by atoms with Crippen molar-refractivity contribution in [2.24, 2.45) is 0 Å². The van der Waals surface area contributed by atoms with Crippen molar-refractivity contribution in [3.63, 3.8) is 0 Å². The first kappa shape index (κ1) is 56.3. The summed E-state index contributed by atoms with van der Waals surface area (Å²) in [5.74, 6) is 0. The van der Waals surface area contributed by atoms with Crippen LogP contribution in [0.5, 0.6) is 0 Å². The molecule has 2 aliphatic carbocycles. The summed E-state index contributed by atoms with van der Waals surface area (Å²) in [6.45, 7) is 36.5. The molecule has 0 bridgehead atoms. The Kier molecular flexibility index (Phi) is 12.7. The molecule has 0 saturated heterocycles. The van der Waals surface area contributed by atoms with E-state index < -0.39 is 0 Å². The largest absolute Gasteiger partial charge is 0.334 e. The molecule has 0 aromatic heterocycles. The molecule has 9 aromatic carbocycles. The molecule has 14 rings (SSSR count). The molecule has 3 aliphatic heterocycles. The molecule has 0 spiro atoms. The van der Waals surface area contributed by atoms with Crippen LogP contribution in [-0.2, 0) is 32.5 Å². The Bertz CT molecular complexity index is 4170. The first-order valence-corrected chi connectivity index (χ1v) is 32.3. The van der Waals surface area contributed by atoms with Gasteiger partial charge in [-0.15, -0.1) is 0 Å². The van der Waals surface area contributed by atoms with Crippen molar-refractivity contribution in [3.8, 4) is 33.4 Å². The first-order chi connectivity index (χ1) is 40.8. The van der Waals surface area contributed by atoms with Crippen LogP contribution in [0.4, 0.5) is 45.5 Å². The standard InChI is InChI=1S/C82H88BN3/c1-76(2,3)57-34-38-68(61(46-57)54-29-21-17-22-30-54)84-71-40-36-59(78(7,8)9)48-66(71)83-67-51-63-64(80(12,13)44-43-79(63,10)11)52-72(67)85(69-39-35-58(77(4,5)6)47-62(69)55-31-23-18-24-32-55)74-50-60(49-73(84)75(74)83)86-70-37-33-56(53-27-19-16-20-28-53)45-65(70)81(14)41-25-26-42-82(81,86)15/h16-24,27-40,45-52H,25-26,41-44H2,1-15H3. The fourth-order valence-corrected chi connectivity index (χ4v) is 16.2. The number of hydrogen-bond donors (Lipinski definition) is 0. The minimum atomic E-state index is -0.221. The van der Waals surface area contributed by atoms with E-state index in [0.29, 0.717) is 0 Å². The summed E-state index contributed by atoms with van der Waals surface area (Å²) in [5, 5.41) is 0. The van der Waals surface area contributed by atoms with Gasteiger partial charge in [-0.05, 0) is 192 Å². The molecule has 0 N–H and O–H groups in total. The quantitative estimate of drug-likeness (QED) is 0.154. The number of nitrogens with zero attached hydrogens (tertiary/aromatic N) is 3. The summed E-state index contributed by atoms with van der Waals surface area (Å²) in [4.78, 5) is 8.35. The van der Waals surface area contributed by atoms with E-state index in [1.54, 1.807) is 0 Å². The number of benzene rings is 9. The van der Waals surface area contributed by atoms with E-state index in [2.05, 4.69) is 307 Å². The highest BCUT2D eigenvalue weighted by Gasteiger charge is 2.58. The van der Waals surface area contributed by atoms with Crippen molar-refractivity contribution in [2.45, 2.75) is 180 Å². The molecular formula is C82H88BN3. The van der Waals surface area contributed by atoms with E-state index in [9.17, 15) is 0 Å². The predicted octanol–water partition coefficient (Wildman–Crippen LogP) is 20.8. The molecule has 2 unspecified atom stereocenters. The fourth-order valence-electron chi connectivity index (χ4n) is 16.2. The maximum Gasteiger partial charge on any atom is 0.252 e. The van der Waals surface area contributed by atoms with Gasteiger partial charge in [0.05, 0.1) is 16.9 Å². The van der Waals surface area contributed by atoms with Crippen LogP contribution < -0.4 is 31.1 Å². The summed E-state index contributed by atoms with van der Waals surface area (Å²) in [6, 6.07) is 74.2. The highest BCUT2D eigenvalue weighted by molar-refractivity contribution is 7.00. The van der Waals surface area contributed by atoms with Gasteiger partial charge in [0, 0.05) is 50.7 Å². The van der Waals surface area contributed by atoms with E-state index in [-0.39, 0.29) is 44.7 Å². The lowest BCUT2D eigenvalue weighted by atomic mass is 9.33. The van der Waals surface area contributed by atoms with Crippen LogP contribution >= 0.6 is 0 Å². The predicted molar refractivity (Wildman–Crippen MR) is 371 cm³/mol. The minimum Gasteiger partial charge on any atom is -0.334 e. The van der Waals surface area contributed by atoms with Crippen molar-refractivity contribution in [1.29, 1.82) is 0 Å². The lowest BCUT2D eigenvalue weighted by molar-refractivity contribution is 0.195. The molecule has 86 heavy (non-hydrogen) atoms. The van der Waals surface area contributed by atoms with E-state index in [4.69, 9.17) is 0 Å². The summed E-state index contributed by atoms with van der Waals surface area (Å²) in [7, 11) is 0. The van der Waals surface area contributed by atoms with Crippen molar-refractivity contribution in [1.82, 2.24) is 0 Å². The Morgan fingerprint density at radius 1 is 0.349 bits per heavy atom. The molecule has 9 aromatic rings. The number of anilines is 8. The Morgan fingerprint density at radius 3 is 1.31 bits per heavy atom. The van der Waals surface area contributed by atoms with Gasteiger partial charge in [0.25, 0.3) is 6.71 Å². The van der Waals surface area contributed by atoms with Crippen LogP contribution in [0, 0.1) is 0 Å². The minimum absolute atomic E-state index is 0.0109. The molecule has 4 heteroatoms. The Labute approximate surface area is 515 Å². The Hall–Kier alpha value is -7.56. The van der Waals surface area contributed by atoms with Gasteiger partial charge in [-0.2, -0.15) is 0 Å².